The maximum absolute atomic E-state index is 5.60. The first-order chi connectivity index (χ1) is 7.81. The summed E-state index contributed by atoms with van der Waals surface area (Å²) < 4.78 is 11.0. The zero-order valence-electron chi connectivity index (χ0n) is 10.6. The van der Waals surface area contributed by atoms with Gasteiger partial charge in [-0.05, 0) is 38.5 Å². The summed E-state index contributed by atoms with van der Waals surface area (Å²) in [5, 5.41) is 0. The van der Waals surface area contributed by atoms with E-state index in [0.29, 0.717) is 6.10 Å². The van der Waals surface area contributed by atoms with Crippen molar-refractivity contribution >= 4 is 0 Å². The highest BCUT2D eigenvalue weighted by Gasteiger charge is 2.20. The van der Waals surface area contributed by atoms with Gasteiger partial charge in [-0.3, -0.25) is 11.3 Å². The average Bonchev–Trinajstić information content (AvgIpc) is 2.81. The predicted octanol–water partition coefficient (Wildman–Crippen LogP) is 1.59. The SMILES string of the molecule is CCC(OC)C(CCCC1CCCO1)NN. The van der Waals surface area contributed by atoms with E-state index in [9.17, 15) is 0 Å². The molecular weight excluding hydrogens is 204 g/mol. The van der Waals surface area contributed by atoms with Gasteiger partial charge >= 0.3 is 0 Å². The van der Waals surface area contributed by atoms with E-state index in [1.165, 1.54) is 12.8 Å². The van der Waals surface area contributed by atoms with Crippen molar-refractivity contribution in [3.8, 4) is 0 Å². The number of hydrogen-bond acceptors (Lipinski definition) is 4. The van der Waals surface area contributed by atoms with E-state index in [-0.39, 0.29) is 12.1 Å². The maximum atomic E-state index is 5.60. The third kappa shape index (κ3) is 4.37. The smallest absolute Gasteiger partial charge is 0.0735 e. The summed E-state index contributed by atoms with van der Waals surface area (Å²) in [6, 6.07) is 0.261. The van der Waals surface area contributed by atoms with Crippen LogP contribution in [0.25, 0.3) is 0 Å². The molecule has 0 aromatic carbocycles. The molecule has 1 heterocycles. The molecule has 3 N–H and O–H groups in total. The molecule has 4 heteroatoms. The Morgan fingerprint density at radius 2 is 2.38 bits per heavy atom. The summed E-state index contributed by atoms with van der Waals surface area (Å²) in [6.07, 6.45) is 7.50. The number of hydrazine groups is 1. The van der Waals surface area contributed by atoms with Crippen LogP contribution in [0.4, 0.5) is 0 Å². The van der Waals surface area contributed by atoms with Crippen LogP contribution < -0.4 is 11.3 Å². The Hall–Kier alpha value is -0.160. The molecule has 0 aliphatic carbocycles. The highest BCUT2D eigenvalue weighted by atomic mass is 16.5. The quantitative estimate of drug-likeness (QED) is 0.491. The second kappa shape index (κ2) is 8.01. The van der Waals surface area contributed by atoms with Gasteiger partial charge in [0.05, 0.1) is 12.2 Å². The largest absolute Gasteiger partial charge is 0.380 e. The van der Waals surface area contributed by atoms with Gasteiger partial charge in [0.1, 0.15) is 0 Å². The van der Waals surface area contributed by atoms with E-state index in [2.05, 4.69) is 12.3 Å². The van der Waals surface area contributed by atoms with Gasteiger partial charge in [0.15, 0.2) is 0 Å². The Bertz CT molecular complexity index is 168. The van der Waals surface area contributed by atoms with Crippen molar-refractivity contribution in [1.29, 1.82) is 0 Å². The number of methoxy groups -OCH3 is 1. The Balaban J connectivity index is 2.16. The number of hydrogen-bond donors (Lipinski definition) is 2. The van der Waals surface area contributed by atoms with Gasteiger partial charge in [-0.15, -0.1) is 0 Å². The molecule has 16 heavy (non-hydrogen) atoms. The molecule has 3 unspecified atom stereocenters. The normalized spacial score (nSPS) is 24.6. The van der Waals surface area contributed by atoms with Crippen molar-refractivity contribution in [3.63, 3.8) is 0 Å². The van der Waals surface area contributed by atoms with Gasteiger partial charge < -0.3 is 9.47 Å². The van der Waals surface area contributed by atoms with Gasteiger partial charge in [0, 0.05) is 19.8 Å². The molecule has 1 fully saturated rings. The lowest BCUT2D eigenvalue weighted by Crippen LogP contribution is -2.44. The summed E-state index contributed by atoms with van der Waals surface area (Å²) in [4.78, 5) is 0. The Labute approximate surface area is 98.8 Å². The van der Waals surface area contributed by atoms with Crippen LogP contribution in [0, 0.1) is 0 Å². The van der Waals surface area contributed by atoms with Gasteiger partial charge in [0.25, 0.3) is 0 Å². The first-order valence-corrected chi connectivity index (χ1v) is 6.42. The molecule has 1 aliphatic heterocycles. The van der Waals surface area contributed by atoms with Gasteiger partial charge in [-0.2, -0.15) is 0 Å². The minimum atomic E-state index is 0.217. The second-order valence-corrected chi connectivity index (χ2v) is 4.52. The van der Waals surface area contributed by atoms with Crippen LogP contribution >= 0.6 is 0 Å². The van der Waals surface area contributed by atoms with Crippen LogP contribution in [0.2, 0.25) is 0 Å². The fourth-order valence-corrected chi connectivity index (χ4v) is 2.43. The summed E-state index contributed by atoms with van der Waals surface area (Å²) in [5.74, 6) is 5.56. The lowest BCUT2D eigenvalue weighted by atomic mass is 10.0. The molecule has 3 atom stereocenters. The summed E-state index contributed by atoms with van der Waals surface area (Å²) in [7, 11) is 1.75. The van der Waals surface area contributed by atoms with E-state index in [1.807, 2.05) is 0 Å². The van der Waals surface area contributed by atoms with E-state index >= 15 is 0 Å². The van der Waals surface area contributed by atoms with Crippen LogP contribution in [0.5, 0.6) is 0 Å². The molecule has 0 bridgehead atoms. The van der Waals surface area contributed by atoms with E-state index in [1.54, 1.807) is 7.11 Å². The van der Waals surface area contributed by atoms with E-state index in [0.717, 1.165) is 32.3 Å². The van der Waals surface area contributed by atoms with Crippen molar-refractivity contribution < 1.29 is 9.47 Å². The lowest BCUT2D eigenvalue weighted by Gasteiger charge is -2.24. The number of nitrogens with one attached hydrogen (secondary N) is 1. The van der Waals surface area contributed by atoms with Crippen molar-refractivity contribution in [2.45, 2.75) is 63.7 Å². The predicted molar refractivity (Wildman–Crippen MR) is 65.0 cm³/mol. The maximum Gasteiger partial charge on any atom is 0.0735 e. The molecule has 4 nitrogen and oxygen atoms in total. The number of ether oxygens (including phenoxy) is 2. The number of nitrogens with two attached hydrogens (primary N) is 1. The molecule has 0 aromatic rings. The first kappa shape index (κ1) is 13.9. The summed E-state index contributed by atoms with van der Waals surface area (Å²) in [5.41, 5.74) is 2.86. The van der Waals surface area contributed by atoms with E-state index in [4.69, 9.17) is 15.3 Å². The summed E-state index contributed by atoms with van der Waals surface area (Å²) in [6.45, 7) is 3.07. The minimum absolute atomic E-state index is 0.217. The molecular formula is C12H26N2O2. The third-order valence-electron chi connectivity index (χ3n) is 3.43. The highest BCUT2D eigenvalue weighted by molar-refractivity contribution is 4.75. The minimum Gasteiger partial charge on any atom is -0.380 e. The molecule has 0 radical (unpaired) electrons. The highest BCUT2D eigenvalue weighted by Crippen LogP contribution is 2.19. The zero-order chi connectivity index (χ0) is 11.8. The Morgan fingerprint density at radius 1 is 1.56 bits per heavy atom. The molecule has 1 aliphatic rings. The van der Waals surface area contributed by atoms with Crippen LogP contribution in [0.1, 0.15) is 45.4 Å². The summed E-state index contributed by atoms with van der Waals surface area (Å²) >= 11 is 0. The monoisotopic (exact) mass is 230 g/mol. The van der Waals surface area contributed by atoms with Crippen LogP contribution in [0.15, 0.2) is 0 Å². The topological polar surface area (TPSA) is 56.5 Å². The second-order valence-electron chi connectivity index (χ2n) is 4.52. The fraction of sp³-hybridized carbons (Fsp3) is 1.00. The van der Waals surface area contributed by atoms with E-state index < -0.39 is 0 Å². The molecule has 0 spiro atoms. The standard InChI is InChI=1S/C12H26N2O2/c1-3-12(15-2)11(14-13)8-4-6-10-7-5-9-16-10/h10-12,14H,3-9,13H2,1-2H3. The van der Waals surface area contributed by atoms with Gasteiger partial charge in [-0.1, -0.05) is 6.92 Å². The Kier molecular flexibility index (Phi) is 6.96. The zero-order valence-corrected chi connectivity index (χ0v) is 10.6. The van der Waals surface area contributed by atoms with Gasteiger partial charge in [-0.25, -0.2) is 0 Å². The van der Waals surface area contributed by atoms with Crippen molar-refractivity contribution in [3.05, 3.63) is 0 Å². The lowest BCUT2D eigenvalue weighted by molar-refractivity contribution is 0.0578. The number of rotatable bonds is 8. The van der Waals surface area contributed by atoms with Crippen LogP contribution in [-0.2, 0) is 9.47 Å². The van der Waals surface area contributed by atoms with Crippen molar-refractivity contribution in [2.24, 2.45) is 5.84 Å². The molecule has 0 amide bonds. The third-order valence-corrected chi connectivity index (χ3v) is 3.43. The van der Waals surface area contributed by atoms with Gasteiger partial charge in [0.2, 0.25) is 0 Å². The molecule has 1 rings (SSSR count). The molecule has 1 saturated heterocycles. The van der Waals surface area contributed by atoms with Crippen molar-refractivity contribution in [1.82, 2.24) is 5.43 Å². The van der Waals surface area contributed by atoms with Crippen LogP contribution in [-0.4, -0.2) is 32.0 Å². The van der Waals surface area contributed by atoms with Crippen molar-refractivity contribution in [2.75, 3.05) is 13.7 Å². The first-order valence-electron chi connectivity index (χ1n) is 6.42. The molecule has 96 valence electrons. The molecule has 0 aromatic heterocycles. The fourth-order valence-electron chi connectivity index (χ4n) is 2.43. The molecule has 0 saturated carbocycles. The average molecular weight is 230 g/mol. The Morgan fingerprint density at radius 3 is 2.88 bits per heavy atom. The van der Waals surface area contributed by atoms with Crippen LogP contribution in [0.3, 0.4) is 0 Å².